The van der Waals surface area contributed by atoms with Crippen LogP contribution in [0.3, 0.4) is 0 Å². The monoisotopic (exact) mass is 271 g/mol. The Morgan fingerprint density at radius 1 is 1.10 bits per heavy atom. The summed E-state index contributed by atoms with van der Waals surface area (Å²) in [4.78, 5) is 9.29. The van der Waals surface area contributed by atoms with Crippen molar-refractivity contribution in [1.29, 1.82) is 0 Å². The summed E-state index contributed by atoms with van der Waals surface area (Å²) < 4.78 is 0. The van der Waals surface area contributed by atoms with Crippen molar-refractivity contribution >= 4 is 0 Å². The van der Waals surface area contributed by atoms with Gasteiger partial charge in [-0.2, -0.15) is 0 Å². The standard InChI is InChI=1S/C17H25N3/c18-3-1-15-2-4-19-16(20-15)11-17-8-12-5-13(9-17)7-14(6-12)10-17/h2,4,12-14H,1,3,5-11,18H2. The average molecular weight is 271 g/mol. The third-order valence-electron chi connectivity index (χ3n) is 5.86. The highest BCUT2D eigenvalue weighted by molar-refractivity contribution is 5.08. The highest BCUT2D eigenvalue weighted by Crippen LogP contribution is 2.60. The van der Waals surface area contributed by atoms with Gasteiger partial charge in [-0.15, -0.1) is 0 Å². The van der Waals surface area contributed by atoms with E-state index in [4.69, 9.17) is 10.7 Å². The molecule has 0 aromatic carbocycles. The van der Waals surface area contributed by atoms with E-state index in [1.165, 1.54) is 38.5 Å². The number of aromatic nitrogens is 2. The Labute approximate surface area is 121 Å². The second-order valence-corrected chi connectivity index (χ2v) is 7.60. The Kier molecular flexibility index (Phi) is 3.06. The van der Waals surface area contributed by atoms with Crippen molar-refractivity contribution in [3.05, 3.63) is 23.8 Å². The molecule has 4 aliphatic carbocycles. The Bertz CT molecular complexity index is 461. The first-order chi connectivity index (χ1) is 9.75. The van der Waals surface area contributed by atoms with Crippen molar-refractivity contribution in [1.82, 2.24) is 9.97 Å². The van der Waals surface area contributed by atoms with Gasteiger partial charge in [0.1, 0.15) is 5.82 Å². The zero-order valence-corrected chi connectivity index (χ0v) is 12.2. The van der Waals surface area contributed by atoms with Crippen LogP contribution in [0.2, 0.25) is 0 Å². The molecule has 0 saturated heterocycles. The molecule has 0 spiro atoms. The first-order valence-electron chi connectivity index (χ1n) is 8.25. The summed E-state index contributed by atoms with van der Waals surface area (Å²) in [5.74, 6) is 4.09. The zero-order chi connectivity index (χ0) is 13.6. The lowest BCUT2D eigenvalue weighted by molar-refractivity contribution is -0.0531. The Hall–Kier alpha value is -0.960. The molecule has 0 radical (unpaired) electrons. The van der Waals surface area contributed by atoms with Gasteiger partial charge in [0.05, 0.1) is 0 Å². The minimum Gasteiger partial charge on any atom is -0.330 e. The molecule has 0 aliphatic heterocycles. The SMILES string of the molecule is NCCc1ccnc(CC23CC4CC(CC(C4)C2)C3)n1. The Morgan fingerprint density at radius 2 is 1.75 bits per heavy atom. The minimum atomic E-state index is 0.538. The van der Waals surface area contributed by atoms with E-state index < -0.39 is 0 Å². The molecule has 2 N–H and O–H groups in total. The maximum Gasteiger partial charge on any atom is 0.129 e. The molecule has 108 valence electrons. The molecule has 4 fully saturated rings. The van der Waals surface area contributed by atoms with Gasteiger partial charge in [0.25, 0.3) is 0 Å². The molecule has 4 bridgehead atoms. The first-order valence-corrected chi connectivity index (χ1v) is 8.25. The van der Waals surface area contributed by atoms with Gasteiger partial charge in [0.2, 0.25) is 0 Å². The molecule has 0 atom stereocenters. The molecule has 0 amide bonds. The van der Waals surface area contributed by atoms with Crippen LogP contribution in [-0.2, 0) is 12.8 Å². The van der Waals surface area contributed by atoms with Gasteiger partial charge in [-0.05, 0) is 74.3 Å². The maximum atomic E-state index is 5.64. The predicted octanol–water partition coefficient (Wildman–Crippen LogP) is 2.74. The Balaban J connectivity index is 1.55. The van der Waals surface area contributed by atoms with Gasteiger partial charge in [0.15, 0.2) is 0 Å². The topological polar surface area (TPSA) is 51.8 Å². The summed E-state index contributed by atoms with van der Waals surface area (Å²) in [6.45, 7) is 0.674. The van der Waals surface area contributed by atoms with Crippen molar-refractivity contribution < 1.29 is 0 Å². The highest BCUT2D eigenvalue weighted by atomic mass is 14.9. The van der Waals surface area contributed by atoms with Crippen molar-refractivity contribution in [3.8, 4) is 0 Å². The molecule has 1 heterocycles. The van der Waals surface area contributed by atoms with Gasteiger partial charge >= 0.3 is 0 Å². The number of rotatable bonds is 4. The van der Waals surface area contributed by atoms with Crippen LogP contribution in [-0.4, -0.2) is 16.5 Å². The number of nitrogens with zero attached hydrogens (tertiary/aromatic N) is 2. The van der Waals surface area contributed by atoms with Gasteiger partial charge < -0.3 is 5.73 Å². The fourth-order valence-electron chi connectivity index (χ4n) is 5.66. The molecule has 1 aromatic rings. The fourth-order valence-corrected chi connectivity index (χ4v) is 5.66. The molecule has 0 unspecified atom stereocenters. The van der Waals surface area contributed by atoms with Crippen molar-refractivity contribution in [3.63, 3.8) is 0 Å². The lowest BCUT2D eigenvalue weighted by atomic mass is 9.49. The summed E-state index contributed by atoms with van der Waals surface area (Å²) in [5, 5.41) is 0. The van der Waals surface area contributed by atoms with Gasteiger partial charge in [-0.25, -0.2) is 9.97 Å². The van der Waals surface area contributed by atoms with E-state index in [-0.39, 0.29) is 0 Å². The molecule has 4 saturated carbocycles. The molecule has 3 nitrogen and oxygen atoms in total. The van der Waals surface area contributed by atoms with Crippen LogP contribution in [0, 0.1) is 23.2 Å². The van der Waals surface area contributed by atoms with Crippen LogP contribution >= 0.6 is 0 Å². The third-order valence-corrected chi connectivity index (χ3v) is 5.86. The van der Waals surface area contributed by atoms with Crippen molar-refractivity contribution in [2.24, 2.45) is 28.9 Å². The summed E-state index contributed by atoms with van der Waals surface area (Å²) in [6.07, 6.45) is 12.7. The lowest BCUT2D eigenvalue weighted by Gasteiger charge is -2.56. The first kappa shape index (κ1) is 12.8. The van der Waals surface area contributed by atoms with E-state index in [1.807, 2.05) is 12.3 Å². The van der Waals surface area contributed by atoms with Crippen LogP contribution in [0.25, 0.3) is 0 Å². The second-order valence-electron chi connectivity index (χ2n) is 7.60. The number of nitrogens with two attached hydrogens (primary N) is 1. The average Bonchev–Trinajstić information content (AvgIpc) is 2.37. The van der Waals surface area contributed by atoms with Gasteiger partial charge in [-0.1, -0.05) is 0 Å². The van der Waals surface area contributed by atoms with Crippen molar-refractivity contribution in [2.75, 3.05) is 6.54 Å². The normalized spacial score (nSPS) is 38.4. The van der Waals surface area contributed by atoms with Gasteiger partial charge in [-0.3, -0.25) is 0 Å². The van der Waals surface area contributed by atoms with Crippen LogP contribution in [0.1, 0.15) is 50.0 Å². The van der Waals surface area contributed by atoms with E-state index in [9.17, 15) is 0 Å². The summed E-state index contributed by atoms with van der Waals surface area (Å²) in [7, 11) is 0. The van der Waals surface area contributed by atoms with Gasteiger partial charge in [0, 0.05) is 24.7 Å². The van der Waals surface area contributed by atoms with E-state index in [2.05, 4.69) is 4.98 Å². The third kappa shape index (κ3) is 2.26. The predicted molar refractivity (Wildman–Crippen MR) is 79.1 cm³/mol. The molecule has 5 rings (SSSR count). The smallest absolute Gasteiger partial charge is 0.129 e. The molecule has 3 heteroatoms. The largest absolute Gasteiger partial charge is 0.330 e. The molecular weight excluding hydrogens is 246 g/mol. The van der Waals surface area contributed by atoms with Crippen molar-refractivity contribution in [2.45, 2.75) is 51.4 Å². The highest BCUT2D eigenvalue weighted by Gasteiger charge is 2.50. The van der Waals surface area contributed by atoms with E-state index in [0.29, 0.717) is 12.0 Å². The van der Waals surface area contributed by atoms with E-state index >= 15 is 0 Å². The summed E-state index contributed by atoms with van der Waals surface area (Å²) in [5.41, 5.74) is 7.29. The molecular formula is C17H25N3. The minimum absolute atomic E-state index is 0.538. The molecule has 20 heavy (non-hydrogen) atoms. The maximum absolute atomic E-state index is 5.64. The fraction of sp³-hybridized carbons (Fsp3) is 0.765. The zero-order valence-electron chi connectivity index (χ0n) is 12.2. The van der Waals surface area contributed by atoms with Crippen LogP contribution < -0.4 is 5.73 Å². The number of hydrogen-bond acceptors (Lipinski definition) is 3. The Morgan fingerprint density at radius 3 is 2.35 bits per heavy atom. The summed E-state index contributed by atoms with van der Waals surface area (Å²) in [6, 6.07) is 2.01. The molecule has 1 aromatic heterocycles. The second kappa shape index (κ2) is 4.80. The summed E-state index contributed by atoms with van der Waals surface area (Å²) >= 11 is 0. The number of hydrogen-bond donors (Lipinski definition) is 1. The lowest BCUT2D eigenvalue weighted by Crippen LogP contribution is -2.47. The molecule has 4 aliphatic rings. The van der Waals surface area contributed by atoms with Crippen LogP contribution in [0.15, 0.2) is 12.3 Å². The van der Waals surface area contributed by atoms with Crippen LogP contribution in [0.5, 0.6) is 0 Å². The van der Waals surface area contributed by atoms with E-state index in [1.54, 1.807) is 0 Å². The van der Waals surface area contributed by atoms with Crippen LogP contribution in [0.4, 0.5) is 0 Å². The van der Waals surface area contributed by atoms with E-state index in [0.717, 1.165) is 42.1 Å². The quantitative estimate of drug-likeness (QED) is 0.916.